The predicted molar refractivity (Wildman–Crippen MR) is 99.5 cm³/mol. The van der Waals surface area contributed by atoms with Crippen molar-refractivity contribution < 1.29 is 17.9 Å². The van der Waals surface area contributed by atoms with Gasteiger partial charge in [0.15, 0.2) is 6.10 Å². The lowest BCUT2D eigenvalue weighted by Gasteiger charge is -2.44. The van der Waals surface area contributed by atoms with E-state index in [1.54, 1.807) is 6.20 Å². The SMILES string of the molecule is CS(=O)(=O)N1CCC2(CC1)O[C@@H](C(=O)Nc1ccccc1)Cn1ccnc12. The van der Waals surface area contributed by atoms with Crippen molar-refractivity contribution in [2.24, 2.45) is 0 Å². The summed E-state index contributed by atoms with van der Waals surface area (Å²) in [6.45, 7) is 1.07. The largest absolute Gasteiger partial charge is 0.352 e. The van der Waals surface area contributed by atoms with Gasteiger partial charge in [-0.15, -0.1) is 0 Å². The fraction of sp³-hybridized carbons (Fsp3) is 0.444. The van der Waals surface area contributed by atoms with E-state index in [0.29, 0.717) is 38.2 Å². The van der Waals surface area contributed by atoms with Crippen LogP contribution >= 0.6 is 0 Å². The number of benzene rings is 1. The Morgan fingerprint density at radius 2 is 1.96 bits per heavy atom. The van der Waals surface area contributed by atoms with Crippen LogP contribution in [0.5, 0.6) is 0 Å². The maximum Gasteiger partial charge on any atom is 0.255 e. The maximum atomic E-state index is 12.8. The van der Waals surface area contributed by atoms with Gasteiger partial charge < -0.3 is 14.6 Å². The first-order valence-corrected chi connectivity index (χ1v) is 10.7. The second-order valence-corrected chi connectivity index (χ2v) is 9.00. The van der Waals surface area contributed by atoms with Crippen LogP contribution in [0.15, 0.2) is 42.7 Å². The number of ether oxygens (including phenoxy) is 1. The summed E-state index contributed by atoms with van der Waals surface area (Å²) in [6.07, 6.45) is 5.01. The number of hydrogen-bond acceptors (Lipinski definition) is 5. The number of imidazole rings is 1. The van der Waals surface area contributed by atoms with E-state index in [1.807, 2.05) is 41.1 Å². The zero-order chi connectivity index (χ0) is 19.1. The predicted octanol–water partition coefficient (Wildman–Crippen LogP) is 1.17. The summed E-state index contributed by atoms with van der Waals surface area (Å²) < 4.78 is 33.3. The lowest BCUT2D eigenvalue weighted by atomic mass is 9.89. The van der Waals surface area contributed by atoms with E-state index in [1.165, 1.54) is 10.6 Å². The number of hydrogen-bond donors (Lipinski definition) is 1. The zero-order valence-electron chi connectivity index (χ0n) is 15.0. The highest BCUT2D eigenvalue weighted by Crippen LogP contribution is 2.40. The van der Waals surface area contributed by atoms with Crippen LogP contribution in [0.25, 0.3) is 0 Å². The molecule has 2 aromatic rings. The molecular formula is C18H22N4O4S. The molecule has 4 rings (SSSR count). The highest BCUT2D eigenvalue weighted by atomic mass is 32.2. The number of aromatic nitrogens is 2. The average Bonchev–Trinajstić information content (AvgIpc) is 3.12. The third kappa shape index (κ3) is 3.50. The van der Waals surface area contributed by atoms with E-state index in [0.717, 1.165) is 5.82 Å². The summed E-state index contributed by atoms with van der Waals surface area (Å²) in [5.41, 5.74) is -0.0368. The summed E-state index contributed by atoms with van der Waals surface area (Å²) in [7, 11) is -3.24. The normalized spacial score (nSPS) is 22.3. The Morgan fingerprint density at radius 1 is 1.26 bits per heavy atom. The third-order valence-electron chi connectivity index (χ3n) is 5.19. The van der Waals surface area contributed by atoms with Gasteiger partial charge in [-0.1, -0.05) is 18.2 Å². The number of anilines is 1. The second kappa shape index (κ2) is 6.74. The Morgan fingerprint density at radius 3 is 2.63 bits per heavy atom. The van der Waals surface area contributed by atoms with Crippen LogP contribution in [0.1, 0.15) is 18.7 Å². The lowest BCUT2D eigenvalue weighted by Crippen LogP contribution is -2.53. The van der Waals surface area contributed by atoms with Crippen molar-refractivity contribution in [3.63, 3.8) is 0 Å². The lowest BCUT2D eigenvalue weighted by molar-refractivity contribution is -0.166. The van der Waals surface area contributed by atoms with Crippen molar-refractivity contribution in [2.75, 3.05) is 24.7 Å². The van der Waals surface area contributed by atoms with Crippen LogP contribution in [0.2, 0.25) is 0 Å². The van der Waals surface area contributed by atoms with Gasteiger partial charge in [-0.25, -0.2) is 17.7 Å². The molecule has 0 aliphatic carbocycles. The zero-order valence-corrected chi connectivity index (χ0v) is 15.9. The van der Waals surface area contributed by atoms with Crippen LogP contribution in [-0.2, 0) is 31.7 Å². The third-order valence-corrected chi connectivity index (χ3v) is 6.49. The number of piperidine rings is 1. The molecule has 1 aromatic heterocycles. The molecule has 0 saturated carbocycles. The Hall–Kier alpha value is -2.23. The number of amides is 1. The molecule has 2 aliphatic rings. The van der Waals surface area contributed by atoms with E-state index in [9.17, 15) is 13.2 Å². The van der Waals surface area contributed by atoms with Crippen molar-refractivity contribution in [3.05, 3.63) is 48.5 Å². The molecule has 1 amide bonds. The topological polar surface area (TPSA) is 93.5 Å². The molecule has 0 radical (unpaired) electrons. The number of carbonyl (C=O) groups is 1. The smallest absolute Gasteiger partial charge is 0.255 e. The van der Waals surface area contributed by atoms with Crippen LogP contribution in [0.3, 0.4) is 0 Å². The van der Waals surface area contributed by atoms with Gasteiger partial charge in [-0.3, -0.25) is 4.79 Å². The van der Waals surface area contributed by atoms with Crippen molar-refractivity contribution in [2.45, 2.75) is 31.1 Å². The number of fused-ring (bicyclic) bond motifs is 2. The molecule has 144 valence electrons. The monoisotopic (exact) mass is 390 g/mol. The molecule has 27 heavy (non-hydrogen) atoms. The second-order valence-electron chi connectivity index (χ2n) is 7.02. The fourth-order valence-corrected chi connectivity index (χ4v) is 4.64. The first kappa shape index (κ1) is 18.1. The standard InChI is InChI=1S/C18H22N4O4S/c1-27(24,25)22-10-7-18(8-11-22)17-19-9-12-21(17)13-15(26-18)16(23)20-14-5-3-2-4-6-14/h2-6,9,12,15H,7-8,10-11,13H2,1H3,(H,20,23)/t15-/m1/s1. The summed E-state index contributed by atoms with van der Waals surface area (Å²) in [6, 6.07) is 9.24. The molecular weight excluding hydrogens is 368 g/mol. The Kier molecular flexibility index (Phi) is 4.53. The fourth-order valence-electron chi connectivity index (χ4n) is 3.80. The van der Waals surface area contributed by atoms with Gasteiger partial charge in [0.25, 0.3) is 5.91 Å². The number of para-hydroxylation sites is 1. The minimum absolute atomic E-state index is 0.217. The van der Waals surface area contributed by atoms with Gasteiger partial charge in [0.05, 0.1) is 12.8 Å². The van der Waals surface area contributed by atoms with Gasteiger partial charge >= 0.3 is 0 Å². The van der Waals surface area contributed by atoms with Gasteiger partial charge in [0.1, 0.15) is 11.4 Å². The molecule has 1 aromatic carbocycles. The van der Waals surface area contributed by atoms with Crippen molar-refractivity contribution >= 4 is 21.6 Å². The van der Waals surface area contributed by atoms with Gasteiger partial charge in [0.2, 0.25) is 10.0 Å². The molecule has 1 atom stereocenters. The average molecular weight is 390 g/mol. The number of rotatable bonds is 3. The molecule has 8 nitrogen and oxygen atoms in total. The number of nitrogens with one attached hydrogen (secondary N) is 1. The van der Waals surface area contributed by atoms with E-state index < -0.39 is 21.7 Å². The minimum atomic E-state index is -3.24. The molecule has 9 heteroatoms. The summed E-state index contributed by atoms with van der Waals surface area (Å²) >= 11 is 0. The molecule has 1 saturated heterocycles. The minimum Gasteiger partial charge on any atom is -0.352 e. The van der Waals surface area contributed by atoms with Crippen LogP contribution < -0.4 is 5.32 Å². The quantitative estimate of drug-likeness (QED) is 0.849. The van der Waals surface area contributed by atoms with E-state index in [2.05, 4.69) is 10.3 Å². The van der Waals surface area contributed by atoms with Crippen LogP contribution in [-0.4, -0.2) is 53.6 Å². The van der Waals surface area contributed by atoms with E-state index in [4.69, 9.17) is 4.74 Å². The Bertz CT molecular complexity index is 933. The first-order valence-electron chi connectivity index (χ1n) is 8.88. The van der Waals surface area contributed by atoms with Crippen molar-refractivity contribution in [3.8, 4) is 0 Å². The number of carbonyl (C=O) groups excluding carboxylic acids is 1. The molecule has 1 N–H and O–H groups in total. The highest BCUT2D eigenvalue weighted by Gasteiger charge is 2.48. The summed E-state index contributed by atoms with van der Waals surface area (Å²) in [5, 5.41) is 2.89. The Balaban J connectivity index is 1.56. The van der Waals surface area contributed by atoms with Crippen LogP contribution in [0.4, 0.5) is 5.69 Å². The first-order chi connectivity index (χ1) is 12.9. The molecule has 0 unspecified atom stereocenters. The van der Waals surface area contributed by atoms with Crippen molar-refractivity contribution in [1.82, 2.24) is 13.9 Å². The Labute approximate surface area is 158 Å². The van der Waals surface area contributed by atoms with Crippen LogP contribution in [0, 0.1) is 0 Å². The van der Waals surface area contributed by atoms with Gasteiger partial charge in [0, 0.05) is 31.2 Å². The number of nitrogens with zero attached hydrogens (tertiary/aromatic N) is 3. The molecule has 1 spiro atoms. The summed E-state index contributed by atoms with van der Waals surface area (Å²) in [4.78, 5) is 17.2. The highest BCUT2D eigenvalue weighted by molar-refractivity contribution is 7.88. The summed E-state index contributed by atoms with van der Waals surface area (Å²) in [5.74, 6) is 0.546. The molecule has 1 fully saturated rings. The molecule has 2 aliphatic heterocycles. The number of sulfonamides is 1. The van der Waals surface area contributed by atoms with Crippen molar-refractivity contribution in [1.29, 1.82) is 0 Å². The molecule has 0 bridgehead atoms. The molecule has 3 heterocycles. The van der Waals surface area contributed by atoms with Gasteiger partial charge in [-0.05, 0) is 25.0 Å². The van der Waals surface area contributed by atoms with Gasteiger partial charge in [-0.2, -0.15) is 0 Å². The van der Waals surface area contributed by atoms with E-state index >= 15 is 0 Å². The van der Waals surface area contributed by atoms with E-state index in [-0.39, 0.29) is 5.91 Å². The maximum absolute atomic E-state index is 12.8.